The number of hydrogen-bond donors (Lipinski definition) is 3. The molecule has 2 heterocycles. The monoisotopic (exact) mass is 389 g/mol. The third-order valence-electron chi connectivity index (χ3n) is 5.31. The largest absolute Gasteiger partial charge is 0.496 e. The SMILES string of the molecule is C=C1NC2CSC(CCCCC(=O)Nc3ccc(C(C)C)c(OC)c3)C2N1. The molecule has 0 spiro atoms. The second kappa shape index (κ2) is 8.91. The van der Waals surface area contributed by atoms with Gasteiger partial charge in [0.05, 0.1) is 25.0 Å². The van der Waals surface area contributed by atoms with Crippen LogP contribution in [0.5, 0.6) is 5.75 Å². The van der Waals surface area contributed by atoms with Crippen molar-refractivity contribution in [1.82, 2.24) is 10.6 Å². The number of benzene rings is 1. The molecule has 3 N–H and O–H groups in total. The minimum atomic E-state index is 0.0698. The molecule has 2 aliphatic heterocycles. The Morgan fingerprint density at radius 1 is 1.37 bits per heavy atom. The smallest absolute Gasteiger partial charge is 0.224 e. The van der Waals surface area contributed by atoms with Gasteiger partial charge in [-0.25, -0.2) is 0 Å². The van der Waals surface area contributed by atoms with Gasteiger partial charge in [0.1, 0.15) is 5.75 Å². The zero-order valence-electron chi connectivity index (χ0n) is 16.5. The molecule has 27 heavy (non-hydrogen) atoms. The lowest BCUT2D eigenvalue weighted by molar-refractivity contribution is -0.116. The van der Waals surface area contributed by atoms with E-state index in [9.17, 15) is 4.79 Å². The number of unbranched alkanes of at least 4 members (excludes halogenated alkanes) is 1. The second-order valence-corrected chi connectivity index (χ2v) is 8.95. The number of amides is 1. The molecular formula is C21H31N3O2S. The maximum atomic E-state index is 12.3. The molecule has 3 unspecified atom stereocenters. The maximum Gasteiger partial charge on any atom is 0.224 e. The van der Waals surface area contributed by atoms with Crippen LogP contribution in [0.3, 0.4) is 0 Å². The van der Waals surface area contributed by atoms with Crippen molar-refractivity contribution in [2.24, 2.45) is 0 Å². The Morgan fingerprint density at radius 2 is 2.19 bits per heavy atom. The number of ether oxygens (including phenoxy) is 1. The Labute approximate surface area is 166 Å². The highest BCUT2D eigenvalue weighted by molar-refractivity contribution is 8.00. The van der Waals surface area contributed by atoms with Crippen molar-refractivity contribution in [2.45, 2.75) is 62.8 Å². The average molecular weight is 390 g/mol. The molecule has 1 aromatic rings. The lowest BCUT2D eigenvalue weighted by atomic mass is 10.0. The third-order valence-corrected chi connectivity index (χ3v) is 6.81. The predicted molar refractivity (Wildman–Crippen MR) is 113 cm³/mol. The van der Waals surface area contributed by atoms with E-state index in [1.54, 1.807) is 7.11 Å². The summed E-state index contributed by atoms with van der Waals surface area (Å²) in [5.74, 6) is 3.37. The normalized spacial score (nSPS) is 23.7. The Bertz CT molecular complexity index is 692. The number of hydrogen-bond acceptors (Lipinski definition) is 5. The van der Waals surface area contributed by atoms with Crippen LogP contribution in [0.1, 0.15) is 51.0 Å². The van der Waals surface area contributed by atoms with Crippen molar-refractivity contribution in [3.63, 3.8) is 0 Å². The maximum absolute atomic E-state index is 12.3. The average Bonchev–Trinajstić information content (AvgIpc) is 3.17. The summed E-state index contributed by atoms with van der Waals surface area (Å²) in [5.41, 5.74) is 1.95. The van der Waals surface area contributed by atoms with Gasteiger partial charge in [0.15, 0.2) is 0 Å². The third kappa shape index (κ3) is 4.92. The van der Waals surface area contributed by atoms with Crippen molar-refractivity contribution in [1.29, 1.82) is 0 Å². The van der Waals surface area contributed by atoms with E-state index in [2.05, 4.69) is 36.4 Å². The molecule has 5 nitrogen and oxygen atoms in total. The van der Waals surface area contributed by atoms with Crippen molar-refractivity contribution < 1.29 is 9.53 Å². The summed E-state index contributed by atoms with van der Waals surface area (Å²) in [7, 11) is 1.67. The first kappa shape index (κ1) is 19.9. The van der Waals surface area contributed by atoms with E-state index < -0.39 is 0 Å². The van der Waals surface area contributed by atoms with Gasteiger partial charge in [-0.3, -0.25) is 4.79 Å². The van der Waals surface area contributed by atoms with Crippen LogP contribution in [0, 0.1) is 0 Å². The van der Waals surface area contributed by atoms with Crippen LogP contribution < -0.4 is 20.7 Å². The minimum Gasteiger partial charge on any atom is -0.496 e. The first-order valence-corrected chi connectivity index (χ1v) is 10.8. The van der Waals surface area contributed by atoms with E-state index >= 15 is 0 Å². The summed E-state index contributed by atoms with van der Waals surface area (Å²) < 4.78 is 5.46. The molecule has 2 fully saturated rings. The summed E-state index contributed by atoms with van der Waals surface area (Å²) in [6.45, 7) is 8.23. The summed E-state index contributed by atoms with van der Waals surface area (Å²) in [6.07, 6.45) is 3.67. The quantitative estimate of drug-likeness (QED) is 0.590. The van der Waals surface area contributed by atoms with Crippen LogP contribution in [0.25, 0.3) is 0 Å². The lowest BCUT2D eigenvalue weighted by Gasteiger charge is -2.17. The van der Waals surface area contributed by atoms with Crippen molar-refractivity contribution in [3.05, 3.63) is 36.2 Å². The Balaban J connectivity index is 1.40. The van der Waals surface area contributed by atoms with Crippen LogP contribution in [0.15, 0.2) is 30.6 Å². The highest BCUT2D eigenvalue weighted by Crippen LogP contribution is 2.34. The number of fused-ring (bicyclic) bond motifs is 1. The lowest BCUT2D eigenvalue weighted by Crippen LogP contribution is -2.36. The number of methoxy groups -OCH3 is 1. The van der Waals surface area contributed by atoms with E-state index in [-0.39, 0.29) is 5.91 Å². The molecule has 1 aromatic carbocycles. The van der Waals surface area contributed by atoms with Crippen LogP contribution in [-0.4, -0.2) is 36.1 Å². The zero-order chi connectivity index (χ0) is 19.4. The molecule has 1 amide bonds. The first-order chi connectivity index (χ1) is 13.0. The minimum absolute atomic E-state index is 0.0698. The Hall–Kier alpha value is -1.82. The van der Waals surface area contributed by atoms with Crippen molar-refractivity contribution >= 4 is 23.4 Å². The molecule has 148 valence electrons. The van der Waals surface area contributed by atoms with Gasteiger partial charge >= 0.3 is 0 Å². The summed E-state index contributed by atoms with van der Waals surface area (Å²) in [5, 5.41) is 10.5. The van der Waals surface area contributed by atoms with E-state index in [4.69, 9.17) is 4.74 Å². The number of anilines is 1. The van der Waals surface area contributed by atoms with Gasteiger partial charge in [0, 0.05) is 29.2 Å². The topological polar surface area (TPSA) is 62.4 Å². The summed E-state index contributed by atoms with van der Waals surface area (Å²) >= 11 is 2.03. The van der Waals surface area contributed by atoms with Gasteiger partial charge in [-0.05, 0) is 30.4 Å². The second-order valence-electron chi connectivity index (χ2n) is 7.68. The van der Waals surface area contributed by atoms with Gasteiger partial charge in [0.25, 0.3) is 0 Å². The number of nitrogens with one attached hydrogen (secondary N) is 3. The number of rotatable bonds is 8. The fraction of sp³-hybridized carbons (Fsp3) is 0.571. The number of thioether (sulfide) groups is 1. The van der Waals surface area contributed by atoms with E-state index in [1.807, 2.05) is 30.0 Å². The van der Waals surface area contributed by atoms with Crippen LogP contribution in [-0.2, 0) is 4.79 Å². The molecule has 3 rings (SSSR count). The van der Waals surface area contributed by atoms with Gasteiger partial charge < -0.3 is 20.7 Å². The summed E-state index contributed by atoms with van der Waals surface area (Å²) in [4.78, 5) is 12.3. The van der Waals surface area contributed by atoms with Crippen LogP contribution in [0.4, 0.5) is 5.69 Å². The van der Waals surface area contributed by atoms with E-state index in [0.717, 1.165) is 47.8 Å². The first-order valence-electron chi connectivity index (χ1n) is 9.79. The van der Waals surface area contributed by atoms with Crippen LogP contribution in [0.2, 0.25) is 0 Å². The molecule has 0 bridgehead atoms. The Kier molecular flexibility index (Phi) is 6.58. The van der Waals surface area contributed by atoms with Crippen molar-refractivity contribution in [3.8, 4) is 5.75 Å². The van der Waals surface area contributed by atoms with Crippen LogP contribution >= 0.6 is 11.8 Å². The molecule has 0 aliphatic carbocycles. The zero-order valence-corrected chi connectivity index (χ0v) is 17.3. The van der Waals surface area contributed by atoms with Gasteiger partial charge in [-0.1, -0.05) is 32.9 Å². The number of carbonyl (C=O) groups excluding carboxylic acids is 1. The Morgan fingerprint density at radius 3 is 2.93 bits per heavy atom. The fourth-order valence-electron chi connectivity index (χ4n) is 3.87. The molecule has 2 saturated heterocycles. The van der Waals surface area contributed by atoms with E-state index in [0.29, 0.717) is 29.7 Å². The highest BCUT2D eigenvalue weighted by atomic mass is 32.2. The summed E-state index contributed by atoms with van der Waals surface area (Å²) in [6, 6.07) is 6.90. The molecule has 3 atom stereocenters. The number of carbonyl (C=O) groups is 1. The molecule has 2 aliphatic rings. The van der Waals surface area contributed by atoms with Gasteiger partial charge in [0.2, 0.25) is 5.91 Å². The fourth-order valence-corrected chi connectivity index (χ4v) is 5.41. The standard InChI is InChI=1S/C21H31N3O2S/c1-13(2)16-10-9-15(11-18(16)26-4)24-20(25)8-6-5-7-19-21-17(12-27-19)22-14(3)23-21/h9-11,13,17,19,21-23H,3,5-8,12H2,1-2,4H3,(H,24,25). The van der Waals surface area contributed by atoms with Crippen molar-refractivity contribution in [2.75, 3.05) is 18.2 Å². The molecule has 0 saturated carbocycles. The van der Waals surface area contributed by atoms with Gasteiger partial charge in [-0.15, -0.1) is 0 Å². The van der Waals surface area contributed by atoms with E-state index in [1.165, 1.54) is 0 Å². The van der Waals surface area contributed by atoms with Gasteiger partial charge in [-0.2, -0.15) is 11.8 Å². The molecule has 0 aromatic heterocycles. The predicted octanol–water partition coefficient (Wildman–Crippen LogP) is 3.83. The molecule has 0 radical (unpaired) electrons. The highest BCUT2D eigenvalue weighted by Gasteiger charge is 2.40. The molecular weight excluding hydrogens is 358 g/mol. The molecule has 6 heteroatoms.